The van der Waals surface area contributed by atoms with Gasteiger partial charge in [0.25, 0.3) is 0 Å². The first kappa shape index (κ1) is 19.5. The number of nitriles is 1. The lowest BCUT2D eigenvalue weighted by Gasteiger charge is -2.35. The fourth-order valence-corrected chi connectivity index (χ4v) is 6.05. The third kappa shape index (κ3) is 3.06. The number of hydrogen-bond acceptors (Lipinski definition) is 2. The Labute approximate surface area is 175 Å². The van der Waals surface area contributed by atoms with Crippen LogP contribution in [0.3, 0.4) is 0 Å². The van der Waals surface area contributed by atoms with Crippen LogP contribution in [0.5, 0.6) is 0 Å². The Bertz CT molecular complexity index is 817. The van der Waals surface area contributed by atoms with Gasteiger partial charge in [0.1, 0.15) is 5.41 Å². The summed E-state index contributed by atoms with van der Waals surface area (Å²) in [5.74, 6) is 0. The molecule has 3 heteroatoms. The zero-order valence-corrected chi connectivity index (χ0v) is 17.3. The van der Waals surface area contributed by atoms with Gasteiger partial charge in [-0.2, -0.15) is 5.26 Å². The van der Waals surface area contributed by atoms with E-state index in [-0.39, 0.29) is 12.4 Å². The Hall–Kier alpha value is -1.82. The van der Waals surface area contributed by atoms with Crippen LogP contribution < -0.4 is 0 Å². The molecule has 0 N–H and O–H groups in total. The third-order valence-electron chi connectivity index (χ3n) is 7.39. The van der Waals surface area contributed by atoms with Crippen molar-refractivity contribution in [3.05, 3.63) is 70.8 Å². The molecule has 2 aromatic rings. The molecule has 0 atom stereocenters. The number of aryl methyl sites for hydroxylation is 2. The molecule has 0 aromatic heterocycles. The molecule has 0 radical (unpaired) electrons. The molecule has 2 nitrogen and oxygen atoms in total. The van der Waals surface area contributed by atoms with E-state index in [1.807, 2.05) is 0 Å². The molecule has 2 heterocycles. The third-order valence-corrected chi connectivity index (χ3v) is 7.39. The average Bonchev–Trinajstić information content (AvgIpc) is 3.29. The van der Waals surface area contributed by atoms with E-state index in [1.54, 1.807) is 0 Å². The molecule has 2 bridgehead atoms. The number of fused-ring (bicyclic) bond motifs is 4. The Balaban J connectivity index is 0.00000192. The SMILES string of the molecule is Cl.N#CC1(CCN2C3CCC2CC3)c2ccccc2CCCc2ccccc21. The molecular weight excluding hydrogens is 364 g/mol. The highest BCUT2D eigenvalue weighted by atomic mass is 35.5. The molecule has 146 valence electrons. The van der Waals surface area contributed by atoms with Gasteiger partial charge in [0.15, 0.2) is 0 Å². The minimum absolute atomic E-state index is 0. The van der Waals surface area contributed by atoms with Crippen molar-refractivity contribution in [2.75, 3.05) is 6.54 Å². The number of rotatable bonds is 3. The summed E-state index contributed by atoms with van der Waals surface area (Å²) in [6.45, 7) is 1.05. The van der Waals surface area contributed by atoms with Crippen molar-refractivity contribution < 1.29 is 0 Å². The van der Waals surface area contributed by atoms with Crippen LogP contribution in [0.1, 0.15) is 60.8 Å². The number of benzene rings is 2. The molecule has 2 aromatic carbocycles. The lowest BCUT2D eigenvalue weighted by Crippen LogP contribution is -2.37. The quantitative estimate of drug-likeness (QED) is 0.696. The summed E-state index contributed by atoms with van der Waals surface area (Å²) in [4.78, 5) is 2.73. The van der Waals surface area contributed by atoms with Gasteiger partial charge in [0.05, 0.1) is 6.07 Å². The Kier molecular flexibility index (Phi) is 5.50. The molecular formula is C25H29ClN2. The summed E-state index contributed by atoms with van der Waals surface area (Å²) in [7, 11) is 0. The lowest BCUT2D eigenvalue weighted by atomic mass is 9.68. The average molecular weight is 393 g/mol. The van der Waals surface area contributed by atoms with Crippen molar-refractivity contribution in [1.82, 2.24) is 4.90 Å². The highest BCUT2D eigenvalue weighted by Crippen LogP contribution is 2.43. The first-order valence-electron chi connectivity index (χ1n) is 10.7. The van der Waals surface area contributed by atoms with E-state index < -0.39 is 5.41 Å². The van der Waals surface area contributed by atoms with Crippen molar-refractivity contribution in [2.24, 2.45) is 0 Å². The van der Waals surface area contributed by atoms with Crippen LogP contribution in [0.2, 0.25) is 0 Å². The van der Waals surface area contributed by atoms with E-state index in [1.165, 1.54) is 47.9 Å². The van der Waals surface area contributed by atoms with E-state index in [9.17, 15) is 5.26 Å². The Morgan fingerprint density at radius 3 is 1.86 bits per heavy atom. The maximum atomic E-state index is 10.6. The van der Waals surface area contributed by atoms with Crippen molar-refractivity contribution >= 4 is 12.4 Å². The van der Waals surface area contributed by atoms with Crippen LogP contribution in [0.15, 0.2) is 48.5 Å². The van der Waals surface area contributed by atoms with Crippen LogP contribution in [0.25, 0.3) is 0 Å². The molecule has 3 aliphatic rings. The highest BCUT2D eigenvalue weighted by molar-refractivity contribution is 5.85. The summed E-state index contributed by atoms with van der Waals surface area (Å²) < 4.78 is 0. The second-order valence-corrected chi connectivity index (χ2v) is 8.64. The van der Waals surface area contributed by atoms with Crippen molar-refractivity contribution in [1.29, 1.82) is 5.26 Å². The van der Waals surface area contributed by atoms with Gasteiger partial charge in [-0.15, -0.1) is 12.4 Å². The van der Waals surface area contributed by atoms with Gasteiger partial charge in [0.2, 0.25) is 0 Å². The minimum atomic E-state index is -0.518. The zero-order chi connectivity index (χ0) is 18.3. The van der Waals surface area contributed by atoms with E-state index in [4.69, 9.17) is 0 Å². The van der Waals surface area contributed by atoms with E-state index in [0.29, 0.717) is 0 Å². The van der Waals surface area contributed by atoms with Crippen molar-refractivity contribution in [3.63, 3.8) is 0 Å². The predicted octanol–water partition coefficient (Wildman–Crippen LogP) is 5.42. The summed E-state index contributed by atoms with van der Waals surface area (Å²) >= 11 is 0. The van der Waals surface area contributed by atoms with Crippen LogP contribution >= 0.6 is 12.4 Å². The topological polar surface area (TPSA) is 27.0 Å². The molecule has 1 aliphatic carbocycles. The smallest absolute Gasteiger partial charge is 0.109 e. The molecule has 0 spiro atoms. The van der Waals surface area contributed by atoms with Gasteiger partial charge < -0.3 is 0 Å². The minimum Gasteiger partial charge on any atom is -0.297 e. The van der Waals surface area contributed by atoms with Crippen LogP contribution in [-0.4, -0.2) is 23.5 Å². The Morgan fingerprint density at radius 2 is 1.36 bits per heavy atom. The van der Waals surface area contributed by atoms with Gasteiger partial charge in [-0.25, -0.2) is 0 Å². The summed E-state index contributed by atoms with van der Waals surface area (Å²) in [6.07, 6.45) is 9.64. The molecule has 0 amide bonds. The number of halogens is 1. The van der Waals surface area contributed by atoms with Gasteiger partial charge in [-0.05, 0) is 73.6 Å². The fourth-order valence-electron chi connectivity index (χ4n) is 6.05. The maximum absolute atomic E-state index is 10.6. The zero-order valence-electron chi connectivity index (χ0n) is 16.4. The molecule has 5 rings (SSSR count). The maximum Gasteiger partial charge on any atom is 0.109 e. The van der Waals surface area contributed by atoms with E-state index in [2.05, 4.69) is 59.5 Å². The molecule has 0 unspecified atom stereocenters. The van der Waals surface area contributed by atoms with Crippen molar-refractivity contribution in [3.8, 4) is 6.07 Å². The molecule has 0 saturated carbocycles. The lowest BCUT2D eigenvalue weighted by molar-refractivity contribution is 0.238. The predicted molar refractivity (Wildman–Crippen MR) is 116 cm³/mol. The van der Waals surface area contributed by atoms with Crippen LogP contribution in [-0.2, 0) is 18.3 Å². The number of hydrogen-bond donors (Lipinski definition) is 0. The summed E-state index contributed by atoms with van der Waals surface area (Å²) in [6, 6.07) is 21.8. The van der Waals surface area contributed by atoms with Crippen LogP contribution in [0.4, 0.5) is 0 Å². The van der Waals surface area contributed by atoms with Gasteiger partial charge in [-0.3, -0.25) is 4.90 Å². The second kappa shape index (κ2) is 7.90. The van der Waals surface area contributed by atoms with E-state index in [0.717, 1.165) is 44.3 Å². The molecule has 2 fully saturated rings. The van der Waals surface area contributed by atoms with Gasteiger partial charge >= 0.3 is 0 Å². The largest absolute Gasteiger partial charge is 0.297 e. The summed E-state index contributed by atoms with van der Waals surface area (Å²) in [5.41, 5.74) is 4.74. The van der Waals surface area contributed by atoms with Gasteiger partial charge in [-0.1, -0.05) is 48.5 Å². The Morgan fingerprint density at radius 1 is 0.857 bits per heavy atom. The molecule has 2 saturated heterocycles. The molecule has 2 aliphatic heterocycles. The molecule has 28 heavy (non-hydrogen) atoms. The number of nitrogens with zero attached hydrogens (tertiary/aromatic N) is 2. The van der Waals surface area contributed by atoms with Gasteiger partial charge in [0, 0.05) is 18.6 Å². The van der Waals surface area contributed by atoms with Crippen LogP contribution in [0, 0.1) is 11.3 Å². The summed E-state index contributed by atoms with van der Waals surface area (Å²) in [5, 5.41) is 10.6. The normalized spacial score (nSPS) is 25.0. The van der Waals surface area contributed by atoms with Crippen molar-refractivity contribution in [2.45, 2.75) is 68.9 Å². The first-order valence-corrected chi connectivity index (χ1v) is 10.7. The highest BCUT2D eigenvalue weighted by Gasteiger charge is 2.43. The second-order valence-electron chi connectivity index (χ2n) is 8.64. The standard InChI is InChI=1S/C25H28N2.ClH/c26-18-25(16-17-27-21-12-13-22(27)15-14-21)23-10-3-1-6-19(23)8-5-9-20-7-2-4-11-24(20)25;/h1-4,6-7,10-11,21-22H,5,8-9,12-17H2;1H. The monoisotopic (exact) mass is 392 g/mol. The van der Waals surface area contributed by atoms with E-state index >= 15 is 0 Å². The fraction of sp³-hybridized carbons (Fsp3) is 0.480. The first-order chi connectivity index (χ1) is 13.3.